The molecule has 1 aliphatic heterocycles. The lowest BCUT2D eigenvalue weighted by Crippen LogP contribution is -2.24. The van der Waals surface area contributed by atoms with Crippen LogP contribution >= 0.6 is 6.04 Å². The zero-order valence-electron chi connectivity index (χ0n) is 22.6. The topological polar surface area (TPSA) is 18.5 Å². The van der Waals surface area contributed by atoms with Gasteiger partial charge in [0.05, 0.1) is 0 Å². The van der Waals surface area contributed by atoms with Crippen molar-refractivity contribution in [2.75, 3.05) is 0 Å². The van der Waals surface area contributed by atoms with E-state index in [0.717, 1.165) is 55.2 Å². The van der Waals surface area contributed by atoms with Crippen molar-refractivity contribution in [3.63, 3.8) is 0 Å². The van der Waals surface area contributed by atoms with E-state index in [4.69, 9.17) is 21.3 Å². The molecule has 0 fully saturated rings. The van der Waals surface area contributed by atoms with Crippen LogP contribution in [-0.2, 0) is 11.8 Å². The lowest BCUT2D eigenvalue weighted by atomic mass is 9.96. The number of hydrogen-bond donors (Lipinski definition) is 0. The van der Waals surface area contributed by atoms with E-state index in [2.05, 4.69) is 121 Å². The Kier molecular flexibility index (Phi) is 5.96. The fourth-order valence-corrected chi connectivity index (χ4v) is 9.73. The molecule has 0 radical (unpaired) electrons. The van der Waals surface area contributed by atoms with Crippen molar-refractivity contribution in [2.45, 2.75) is 0 Å². The Morgan fingerprint density at radius 3 is 1.76 bits per heavy atom. The highest BCUT2D eigenvalue weighted by molar-refractivity contribution is 8.25. The number of rotatable bonds is 4. The van der Waals surface area contributed by atoms with Crippen LogP contribution in [0.5, 0.6) is 23.0 Å². The van der Waals surface area contributed by atoms with Gasteiger partial charge in [-0.05, 0) is 56.0 Å². The minimum Gasteiger partial charge on any atom is -0.449 e. The Morgan fingerprint density at radius 1 is 0.429 bits per heavy atom. The van der Waals surface area contributed by atoms with Gasteiger partial charge in [-0.25, -0.2) is 0 Å². The van der Waals surface area contributed by atoms with E-state index in [1.165, 1.54) is 10.6 Å². The zero-order valence-corrected chi connectivity index (χ0v) is 24.3. The monoisotopic (exact) mass is 576 g/mol. The van der Waals surface area contributed by atoms with Crippen LogP contribution in [0.25, 0.3) is 32.7 Å². The second-order valence-electron chi connectivity index (χ2n) is 10.4. The average molecular weight is 577 g/mol. The summed E-state index contributed by atoms with van der Waals surface area (Å²) in [5.74, 6) is 2.93. The molecule has 0 aromatic heterocycles. The Bertz CT molecular complexity index is 2130. The minimum atomic E-state index is -2.30. The summed E-state index contributed by atoms with van der Waals surface area (Å²) in [4.78, 5) is 0. The quantitative estimate of drug-likeness (QED) is 0.195. The van der Waals surface area contributed by atoms with E-state index in [-0.39, 0.29) is 0 Å². The maximum atomic E-state index is 6.65. The second kappa shape index (κ2) is 9.99. The molecule has 0 saturated heterocycles. The molecule has 1 heterocycles. The summed E-state index contributed by atoms with van der Waals surface area (Å²) >= 11 is 6.65. The first kappa shape index (κ1) is 25.1. The molecule has 8 rings (SSSR count). The third-order valence-corrected chi connectivity index (χ3v) is 12.9. The van der Waals surface area contributed by atoms with E-state index >= 15 is 0 Å². The van der Waals surface area contributed by atoms with E-state index in [1.54, 1.807) is 0 Å². The normalized spacial score (nSPS) is 12.3. The van der Waals surface area contributed by atoms with Crippen LogP contribution in [0, 0.1) is 0 Å². The van der Waals surface area contributed by atoms with Crippen molar-refractivity contribution in [1.82, 2.24) is 0 Å². The molecule has 0 unspecified atom stereocenters. The first-order valence-corrected chi connectivity index (χ1v) is 16.8. The van der Waals surface area contributed by atoms with Gasteiger partial charge in [-0.15, -0.1) is 0 Å². The number of benzene rings is 7. The number of hydrogen-bond acceptors (Lipinski definition) is 3. The summed E-state index contributed by atoms with van der Waals surface area (Å²) in [6.45, 7) is 0. The molecule has 42 heavy (non-hydrogen) atoms. The fraction of sp³-hybridized carbons (Fsp3) is 0. The highest BCUT2D eigenvalue weighted by Crippen LogP contribution is 2.53. The molecule has 0 bridgehead atoms. The van der Waals surface area contributed by atoms with Gasteiger partial charge in [-0.2, -0.15) is 0 Å². The van der Waals surface area contributed by atoms with Crippen LogP contribution in [0.3, 0.4) is 0 Å². The summed E-state index contributed by atoms with van der Waals surface area (Å²) in [6, 6.07) is 50.4. The lowest BCUT2D eigenvalue weighted by molar-refractivity contribution is 0.367. The smallest absolute Gasteiger partial charge is 0.178 e. The molecule has 0 saturated carbocycles. The predicted molar refractivity (Wildman–Crippen MR) is 180 cm³/mol. The first-order valence-electron chi connectivity index (χ1n) is 14.0. The number of fused-ring (bicyclic) bond motifs is 6. The molecule has 1 aliphatic rings. The van der Waals surface area contributed by atoms with Crippen molar-refractivity contribution >= 4 is 55.3 Å². The van der Waals surface area contributed by atoms with Crippen LogP contribution in [0.15, 0.2) is 152 Å². The Morgan fingerprint density at radius 2 is 1.02 bits per heavy atom. The molecular weight excluding hydrogens is 551 g/mol. The van der Waals surface area contributed by atoms with Gasteiger partial charge < -0.3 is 9.47 Å². The molecule has 7 aromatic carbocycles. The molecule has 200 valence electrons. The van der Waals surface area contributed by atoms with Crippen LogP contribution in [-0.4, -0.2) is 0 Å². The summed E-state index contributed by atoms with van der Waals surface area (Å²) in [5.41, 5.74) is 2.18. The van der Waals surface area contributed by atoms with Crippen molar-refractivity contribution in [3.05, 3.63) is 152 Å². The highest BCUT2D eigenvalue weighted by atomic mass is 32.4. The zero-order chi connectivity index (χ0) is 28.1. The summed E-state index contributed by atoms with van der Waals surface area (Å²) in [6.07, 6.45) is 0. The molecule has 0 aliphatic carbocycles. The van der Waals surface area contributed by atoms with Crippen molar-refractivity contribution in [1.29, 1.82) is 0 Å². The molecular formula is C38H25O2PS. The van der Waals surface area contributed by atoms with Crippen LogP contribution in [0.2, 0.25) is 0 Å². The van der Waals surface area contributed by atoms with Gasteiger partial charge in [0.25, 0.3) is 0 Å². The van der Waals surface area contributed by atoms with E-state index < -0.39 is 6.04 Å². The van der Waals surface area contributed by atoms with Gasteiger partial charge in [0.15, 0.2) is 23.0 Å². The SMILES string of the molecule is S=P(c1ccccc1)(c1ccccc1)c1cccc(-c2cc3c(c4ccccc24)Oc2c(ccc4ccccc24)O3)c1. The molecule has 0 amide bonds. The van der Waals surface area contributed by atoms with Gasteiger partial charge in [0, 0.05) is 16.8 Å². The average Bonchev–Trinajstić information content (AvgIpc) is 3.07. The first-order chi connectivity index (χ1) is 20.7. The molecule has 0 spiro atoms. The van der Waals surface area contributed by atoms with Crippen molar-refractivity contribution in [3.8, 4) is 34.1 Å². The van der Waals surface area contributed by atoms with E-state index in [0.29, 0.717) is 5.75 Å². The Balaban J connectivity index is 1.31. The predicted octanol–water partition coefficient (Wildman–Crippen LogP) is 9.31. The standard InChI is InChI=1S/C38H25O2PS/c42-41(28-14-3-1-4-15-28,29-16-5-2-6-17-29)30-18-11-13-27(24-30)34-25-36-38(33-21-10-9-20-32(33)34)40-37-31-19-8-7-12-26(31)22-23-35(37)39-36/h1-25H. The highest BCUT2D eigenvalue weighted by Gasteiger charge is 2.27. The fourth-order valence-electron chi connectivity index (χ4n) is 5.96. The van der Waals surface area contributed by atoms with Crippen molar-refractivity contribution in [2.24, 2.45) is 0 Å². The third kappa shape index (κ3) is 3.97. The third-order valence-electron chi connectivity index (χ3n) is 7.99. The summed E-state index contributed by atoms with van der Waals surface area (Å²) in [7, 11) is 0. The lowest BCUT2D eigenvalue weighted by Gasteiger charge is -2.26. The van der Waals surface area contributed by atoms with Gasteiger partial charge in [-0.1, -0.05) is 145 Å². The van der Waals surface area contributed by atoms with Crippen molar-refractivity contribution < 1.29 is 9.47 Å². The van der Waals surface area contributed by atoms with Crippen LogP contribution in [0.1, 0.15) is 0 Å². The van der Waals surface area contributed by atoms with Gasteiger partial charge in [-0.3, -0.25) is 0 Å². The molecule has 2 nitrogen and oxygen atoms in total. The molecule has 7 aromatic rings. The van der Waals surface area contributed by atoms with Gasteiger partial charge in [0.1, 0.15) is 0 Å². The Labute approximate surface area is 249 Å². The van der Waals surface area contributed by atoms with Gasteiger partial charge >= 0.3 is 0 Å². The molecule has 4 heteroatoms. The molecule has 0 atom stereocenters. The van der Waals surface area contributed by atoms with Crippen LogP contribution in [0.4, 0.5) is 0 Å². The largest absolute Gasteiger partial charge is 0.449 e. The van der Waals surface area contributed by atoms with Gasteiger partial charge in [0.2, 0.25) is 0 Å². The second-order valence-corrected chi connectivity index (χ2v) is 14.9. The van der Waals surface area contributed by atoms with E-state index in [9.17, 15) is 0 Å². The maximum absolute atomic E-state index is 6.65. The number of ether oxygens (including phenoxy) is 2. The van der Waals surface area contributed by atoms with Crippen LogP contribution < -0.4 is 25.4 Å². The molecule has 0 N–H and O–H groups in total. The summed E-state index contributed by atoms with van der Waals surface area (Å²) < 4.78 is 13.2. The summed E-state index contributed by atoms with van der Waals surface area (Å²) in [5, 5.41) is 7.79. The maximum Gasteiger partial charge on any atom is 0.178 e. The minimum absolute atomic E-state index is 0.711. The van der Waals surface area contributed by atoms with E-state index in [1.807, 2.05) is 30.3 Å². The Hall–Kier alpha value is -4.69.